The average Bonchev–Trinajstić information content (AvgIpc) is 2.33. The summed E-state index contributed by atoms with van der Waals surface area (Å²) >= 11 is 0. The van der Waals surface area contributed by atoms with Gasteiger partial charge in [-0.25, -0.2) is 0 Å². The maximum Gasteiger partial charge on any atom is 0.0959 e. The van der Waals surface area contributed by atoms with Gasteiger partial charge in [-0.3, -0.25) is 4.90 Å². The minimum absolute atomic E-state index is 0.0885. The van der Waals surface area contributed by atoms with Gasteiger partial charge in [0.1, 0.15) is 0 Å². The highest BCUT2D eigenvalue weighted by Crippen LogP contribution is 2.14. The maximum atomic E-state index is 8.71. The van der Waals surface area contributed by atoms with Gasteiger partial charge in [-0.05, 0) is 12.8 Å². The molecule has 0 aromatic heterocycles. The SMILES string of the molecule is OCC1CCCN1CO. The number of hydrogen-bond donors (Lipinski definition) is 2. The van der Waals surface area contributed by atoms with Crippen LogP contribution in [0.2, 0.25) is 0 Å². The Morgan fingerprint density at radius 2 is 2.22 bits per heavy atom. The van der Waals surface area contributed by atoms with Gasteiger partial charge in [-0.15, -0.1) is 0 Å². The summed E-state index contributed by atoms with van der Waals surface area (Å²) < 4.78 is 0. The Labute approximate surface area is 54.9 Å². The molecule has 2 N–H and O–H groups in total. The van der Waals surface area contributed by atoms with Crippen LogP contribution < -0.4 is 0 Å². The van der Waals surface area contributed by atoms with Crippen molar-refractivity contribution in [3.8, 4) is 0 Å². The highest BCUT2D eigenvalue weighted by molar-refractivity contribution is 4.75. The van der Waals surface area contributed by atoms with Crippen molar-refractivity contribution in [3.63, 3.8) is 0 Å². The Balaban J connectivity index is 2.32. The van der Waals surface area contributed by atoms with E-state index in [1.807, 2.05) is 4.90 Å². The van der Waals surface area contributed by atoms with Gasteiger partial charge in [0, 0.05) is 12.6 Å². The molecule has 1 atom stereocenters. The van der Waals surface area contributed by atoms with Crippen LogP contribution in [0.3, 0.4) is 0 Å². The lowest BCUT2D eigenvalue weighted by Crippen LogP contribution is -2.32. The van der Waals surface area contributed by atoms with E-state index >= 15 is 0 Å². The molecule has 0 amide bonds. The lowest BCUT2D eigenvalue weighted by atomic mass is 10.2. The molecule has 0 bridgehead atoms. The van der Waals surface area contributed by atoms with E-state index in [0.717, 1.165) is 19.4 Å². The number of nitrogens with zero attached hydrogens (tertiary/aromatic N) is 1. The zero-order valence-corrected chi connectivity index (χ0v) is 5.45. The summed E-state index contributed by atoms with van der Waals surface area (Å²) in [7, 11) is 0. The second-order valence-electron chi connectivity index (χ2n) is 2.43. The highest BCUT2D eigenvalue weighted by Gasteiger charge is 2.21. The summed E-state index contributed by atoms with van der Waals surface area (Å²) in [5.41, 5.74) is 0. The molecule has 9 heavy (non-hydrogen) atoms. The first-order chi connectivity index (χ1) is 4.38. The van der Waals surface area contributed by atoms with Crippen molar-refractivity contribution in [3.05, 3.63) is 0 Å². The van der Waals surface area contributed by atoms with Crippen LogP contribution in [0.1, 0.15) is 12.8 Å². The quantitative estimate of drug-likeness (QED) is 0.525. The molecule has 0 aromatic carbocycles. The van der Waals surface area contributed by atoms with Crippen LogP contribution in [0.25, 0.3) is 0 Å². The molecule has 0 aliphatic carbocycles. The largest absolute Gasteiger partial charge is 0.395 e. The molecule has 1 aliphatic rings. The van der Waals surface area contributed by atoms with Crippen LogP contribution in [-0.4, -0.2) is 41.0 Å². The summed E-state index contributed by atoms with van der Waals surface area (Å²) in [6.07, 6.45) is 2.13. The Morgan fingerprint density at radius 3 is 2.67 bits per heavy atom. The number of likely N-dealkylation sites (tertiary alicyclic amines) is 1. The van der Waals surface area contributed by atoms with Gasteiger partial charge in [0.25, 0.3) is 0 Å². The van der Waals surface area contributed by atoms with E-state index in [1.165, 1.54) is 0 Å². The van der Waals surface area contributed by atoms with Crippen LogP contribution in [0, 0.1) is 0 Å². The van der Waals surface area contributed by atoms with Crippen LogP contribution >= 0.6 is 0 Å². The monoisotopic (exact) mass is 131 g/mol. The fourth-order valence-electron chi connectivity index (χ4n) is 1.29. The lowest BCUT2D eigenvalue weighted by molar-refractivity contribution is 0.0685. The fourth-order valence-corrected chi connectivity index (χ4v) is 1.29. The number of aliphatic hydroxyl groups excluding tert-OH is 2. The van der Waals surface area contributed by atoms with Crippen molar-refractivity contribution < 1.29 is 10.2 Å². The van der Waals surface area contributed by atoms with Gasteiger partial charge in [0.15, 0.2) is 0 Å². The molecule has 0 saturated carbocycles. The number of hydrogen-bond acceptors (Lipinski definition) is 3. The predicted molar refractivity (Wildman–Crippen MR) is 33.9 cm³/mol. The normalized spacial score (nSPS) is 29.3. The molecule has 0 radical (unpaired) electrons. The molecule has 1 aliphatic heterocycles. The maximum absolute atomic E-state index is 8.71. The van der Waals surface area contributed by atoms with Crippen LogP contribution in [0.5, 0.6) is 0 Å². The minimum atomic E-state index is 0.0885. The average molecular weight is 131 g/mol. The van der Waals surface area contributed by atoms with Crippen LogP contribution in [0.15, 0.2) is 0 Å². The molecule has 1 rings (SSSR count). The molecular weight excluding hydrogens is 118 g/mol. The van der Waals surface area contributed by atoms with E-state index in [1.54, 1.807) is 0 Å². The van der Waals surface area contributed by atoms with Crippen molar-refractivity contribution in [2.45, 2.75) is 18.9 Å². The highest BCUT2D eigenvalue weighted by atomic mass is 16.3. The van der Waals surface area contributed by atoms with E-state index < -0.39 is 0 Å². The topological polar surface area (TPSA) is 43.7 Å². The fraction of sp³-hybridized carbons (Fsp3) is 1.00. The molecule has 1 saturated heterocycles. The third kappa shape index (κ3) is 1.41. The molecule has 3 heteroatoms. The van der Waals surface area contributed by atoms with Gasteiger partial charge in [-0.2, -0.15) is 0 Å². The van der Waals surface area contributed by atoms with Crippen molar-refractivity contribution in [1.29, 1.82) is 0 Å². The summed E-state index contributed by atoms with van der Waals surface area (Å²) in [6, 6.07) is 0.218. The van der Waals surface area contributed by atoms with Crippen molar-refractivity contribution in [1.82, 2.24) is 4.90 Å². The Morgan fingerprint density at radius 1 is 1.44 bits per heavy atom. The molecule has 3 nitrogen and oxygen atoms in total. The Kier molecular flexibility index (Phi) is 2.45. The standard InChI is InChI=1S/C6H13NO2/c8-4-6-2-1-3-7(6)5-9/h6,8-9H,1-5H2. The van der Waals surface area contributed by atoms with Crippen LogP contribution in [-0.2, 0) is 0 Å². The first-order valence-corrected chi connectivity index (χ1v) is 3.34. The molecular formula is C6H13NO2. The van der Waals surface area contributed by atoms with Crippen LogP contribution in [0.4, 0.5) is 0 Å². The van der Waals surface area contributed by atoms with E-state index in [2.05, 4.69) is 0 Å². The van der Waals surface area contributed by atoms with Gasteiger partial charge in [0.05, 0.1) is 13.3 Å². The summed E-state index contributed by atoms with van der Waals surface area (Å²) in [5, 5.41) is 17.4. The van der Waals surface area contributed by atoms with Gasteiger partial charge in [0.2, 0.25) is 0 Å². The third-order valence-electron chi connectivity index (χ3n) is 1.89. The molecule has 54 valence electrons. The van der Waals surface area contributed by atoms with Gasteiger partial charge < -0.3 is 10.2 Å². The summed E-state index contributed by atoms with van der Waals surface area (Å²) in [4.78, 5) is 1.89. The number of rotatable bonds is 2. The first-order valence-electron chi connectivity index (χ1n) is 3.34. The zero-order chi connectivity index (χ0) is 6.69. The van der Waals surface area contributed by atoms with Crippen molar-refractivity contribution >= 4 is 0 Å². The Bertz CT molecular complexity index is 77.1. The third-order valence-corrected chi connectivity index (χ3v) is 1.89. The van der Waals surface area contributed by atoms with Gasteiger partial charge in [-0.1, -0.05) is 0 Å². The zero-order valence-electron chi connectivity index (χ0n) is 5.45. The van der Waals surface area contributed by atoms with Crippen molar-refractivity contribution in [2.75, 3.05) is 19.9 Å². The van der Waals surface area contributed by atoms with E-state index in [9.17, 15) is 0 Å². The Hall–Kier alpha value is -0.120. The molecule has 0 spiro atoms. The first kappa shape index (κ1) is 6.99. The van der Waals surface area contributed by atoms with E-state index in [-0.39, 0.29) is 19.4 Å². The second kappa shape index (κ2) is 3.15. The summed E-state index contributed by atoms with van der Waals surface area (Å²) in [5.74, 6) is 0. The summed E-state index contributed by atoms with van der Waals surface area (Å²) in [6.45, 7) is 1.20. The van der Waals surface area contributed by atoms with E-state index in [4.69, 9.17) is 10.2 Å². The minimum Gasteiger partial charge on any atom is -0.395 e. The molecule has 1 unspecified atom stereocenters. The van der Waals surface area contributed by atoms with Gasteiger partial charge >= 0.3 is 0 Å². The lowest BCUT2D eigenvalue weighted by Gasteiger charge is -2.18. The molecule has 0 aromatic rings. The van der Waals surface area contributed by atoms with Crippen molar-refractivity contribution in [2.24, 2.45) is 0 Å². The second-order valence-corrected chi connectivity index (χ2v) is 2.43. The predicted octanol–water partition coefficient (Wildman–Crippen LogP) is -0.607. The molecule has 1 fully saturated rings. The smallest absolute Gasteiger partial charge is 0.0959 e. The number of aliphatic hydroxyl groups is 2. The molecule has 1 heterocycles. The van der Waals surface area contributed by atoms with E-state index in [0.29, 0.717) is 0 Å².